The van der Waals surface area contributed by atoms with Crippen molar-refractivity contribution in [1.82, 2.24) is 19.8 Å². The lowest BCUT2D eigenvalue weighted by molar-refractivity contribution is -0.137. The van der Waals surface area contributed by atoms with Crippen molar-refractivity contribution in [2.75, 3.05) is 57.5 Å². The van der Waals surface area contributed by atoms with E-state index in [0.29, 0.717) is 24.3 Å². The lowest BCUT2D eigenvalue weighted by Crippen LogP contribution is -2.43. The average molecular weight is 692 g/mol. The molecule has 2 aromatic carbocycles. The predicted molar refractivity (Wildman–Crippen MR) is 170 cm³/mol. The number of aromatic nitrogens is 2. The number of carbonyl (C=O) groups is 1. The molecule has 48 heavy (non-hydrogen) atoms. The van der Waals surface area contributed by atoms with Crippen molar-refractivity contribution < 1.29 is 35.9 Å². The number of carbonyl (C=O) groups excluding carboxylic acids is 1. The van der Waals surface area contributed by atoms with E-state index in [1.165, 1.54) is 23.8 Å². The van der Waals surface area contributed by atoms with E-state index in [0.717, 1.165) is 24.6 Å². The minimum Gasteiger partial charge on any atom is -0.461 e. The zero-order chi connectivity index (χ0) is 34.7. The van der Waals surface area contributed by atoms with Crippen LogP contribution in [0.25, 0.3) is 32.1 Å². The van der Waals surface area contributed by atoms with Gasteiger partial charge in [0, 0.05) is 63.4 Å². The minimum atomic E-state index is -5.12. The van der Waals surface area contributed by atoms with Crippen molar-refractivity contribution >= 4 is 49.1 Å². The van der Waals surface area contributed by atoms with Crippen LogP contribution in [-0.4, -0.2) is 84.3 Å². The Morgan fingerprint density at radius 3 is 2.69 bits per heavy atom. The summed E-state index contributed by atoms with van der Waals surface area (Å²) >= 11 is 0.671. The van der Waals surface area contributed by atoms with Gasteiger partial charge in [0.05, 0.1) is 21.4 Å². The Morgan fingerprint density at radius 1 is 1.25 bits per heavy atom. The average Bonchev–Trinajstić information content (AvgIpc) is 3.67. The third-order valence-corrected chi connectivity index (χ3v) is 10.3. The van der Waals surface area contributed by atoms with Gasteiger partial charge in [-0.1, -0.05) is 6.07 Å². The first-order valence-electron chi connectivity index (χ1n) is 15.1. The van der Waals surface area contributed by atoms with Crippen LogP contribution >= 0.6 is 11.3 Å². The van der Waals surface area contributed by atoms with Gasteiger partial charge in [-0.2, -0.15) is 28.4 Å². The third-order valence-electron chi connectivity index (χ3n) is 9.30. The number of hydrogen-bond donors (Lipinski definition) is 1. The molecule has 0 saturated carbocycles. The Balaban J connectivity index is 1.57. The van der Waals surface area contributed by atoms with Gasteiger partial charge in [0.1, 0.15) is 41.0 Å². The van der Waals surface area contributed by atoms with Crippen LogP contribution in [0.15, 0.2) is 18.2 Å². The molecule has 2 aromatic heterocycles. The van der Waals surface area contributed by atoms with Crippen molar-refractivity contribution in [3.05, 3.63) is 41.0 Å². The molecule has 0 spiro atoms. The van der Waals surface area contributed by atoms with Gasteiger partial charge in [-0.15, -0.1) is 11.3 Å². The fourth-order valence-corrected chi connectivity index (χ4v) is 7.70. The highest BCUT2D eigenvalue weighted by Gasteiger charge is 2.49. The van der Waals surface area contributed by atoms with E-state index in [1.54, 1.807) is 13.1 Å². The summed E-state index contributed by atoms with van der Waals surface area (Å²) in [6.07, 6.45) is -4.46. The van der Waals surface area contributed by atoms with E-state index in [1.807, 2.05) is 4.90 Å². The molecule has 4 heterocycles. The summed E-state index contributed by atoms with van der Waals surface area (Å²) in [5, 5.41) is 9.10. The summed E-state index contributed by atoms with van der Waals surface area (Å²) in [6.45, 7) is 2.54. The number of halogens is 6. The maximum absolute atomic E-state index is 16.9. The summed E-state index contributed by atoms with van der Waals surface area (Å²) in [6, 6.07) is 4.06. The van der Waals surface area contributed by atoms with E-state index in [4.69, 9.17) is 10.5 Å². The van der Waals surface area contributed by atoms with E-state index in [9.17, 15) is 32.0 Å². The molecular formula is C32H31F6N7O2S. The molecule has 16 heteroatoms. The fraction of sp³-hybridized carbons (Fsp3) is 0.438. The molecule has 0 radical (unpaired) electrons. The van der Waals surface area contributed by atoms with Crippen LogP contribution in [0.5, 0.6) is 6.01 Å². The molecule has 0 aliphatic carbocycles. The maximum Gasteiger partial charge on any atom is 0.417 e. The van der Waals surface area contributed by atoms with Gasteiger partial charge in [0.2, 0.25) is 5.91 Å². The highest BCUT2D eigenvalue weighted by atomic mass is 32.1. The van der Waals surface area contributed by atoms with Crippen LogP contribution in [0.3, 0.4) is 0 Å². The number of likely N-dealkylation sites (N-methyl/N-ethyl adjacent to an activating group) is 2. The van der Waals surface area contributed by atoms with E-state index in [-0.39, 0.29) is 82.0 Å². The molecule has 2 aliphatic heterocycles. The van der Waals surface area contributed by atoms with Gasteiger partial charge in [-0.05, 0) is 37.1 Å². The Kier molecular flexibility index (Phi) is 8.57. The monoisotopic (exact) mass is 691 g/mol. The van der Waals surface area contributed by atoms with Crippen LogP contribution in [0.2, 0.25) is 0 Å². The van der Waals surface area contributed by atoms with Crippen LogP contribution < -0.4 is 15.4 Å². The first-order chi connectivity index (χ1) is 22.6. The summed E-state index contributed by atoms with van der Waals surface area (Å²) in [5.74, 6) is -2.56. The smallest absolute Gasteiger partial charge is 0.417 e. The number of nitrogens with two attached hydrogens (primary N) is 1. The molecule has 0 bridgehead atoms. The molecule has 2 aliphatic rings. The second kappa shape index (κ2) is 12.3. The van der Waals surface area contributed by atoms with Crippen molar-refractivity contribution in [2.24, 2.45) is 0 Å². The molecule has 4 aromatic rings. The fourth-order valence-electron chi connectivity index (χ4n) is 6.75. The maximum atomic E-state index is 16.9. The lowest BCUT2D eigenvalue weighted by Gasteiger charge is -2.31. The second-order valence-electron chi connectivity index (χ2n) is 12.3. The number of anilines is 2. The van der Waals surface area contributed by atoms with Crippen molar-refractivity contribution in [3.8, 4) is 23.2 Å². The zero-order valence-corrected chi connectivity index (χ0v) is 27.0. The number of rotatable bonds is 8. The van der Waals surface area contributed by atoms with Crippen LogP contribution in [0.4, 0.5) is 37.2 Å². The van der Waals surface area contributed by atoms with E-state index >= 15 is 4.39 Å². The van der Waals surface area contributed by atoms with Gasteiger partial charge >= 0.3 is 12.2 Å². The number of benzene rings is 2. The van der Waals surface area contributed by atoms with E-state index < -0.39 is 46.2 Å². The van der Waals surface area contributed by atoms with Gasteiger partial charge in [-0.3, -0.25) is 9.69 Å². The number of ether oxygens (including phenoxy) is 1. The number of nitriles is 1. The Morgan fingerprint density at radius 2 is 2.00 bits per heavy atom. The first kappa shape index (κ1) is 33.5. The van der Waals surface area contributed by atoms with Crippen molar-refractivity contribution in [2.45, 2.75) is 44.1 Å². The predicted octanol–water partition coefficient (Wildman–Crippen LogP) is 6.13. The molecule has 6 rings (SSSR count). The molecule has 2 atom stereocenters. The van der Waals surface area contributed by atoms with E-state index in [2.05, 4.69) is 9.97 Å². The van der Waals surface area contributed by atoms with Crippen LogP contribution in [0.1, 0.15) is 37.3 Å². The standard InChI is InChI=1S/C32H31F6N7O2S/c1-16(46)43(2)9-10-44(3)29-19-11-21(32(36,37)38)24(18-5-6-22(34)27-23(18)20(13-39)28(40)48-27)25(35)26(19)41-30(42-29)47-15-31-7-4-8-45(31)14-17(33)12-31/h5-6,11,17H,4,7-10,12,14-15,40H2,1-3H3/t17-,31+/m1/s1. The van der Waals surface area contributed by atoms with Gasteiger partial charge in [-0.25, -0.2) is 13.2 Å². The number of nitrogen functional groups attached to an aromatic ring is 1. The normalized spacial score (nSPS) is 19.5. The lowest BCUT2D eigenvalue weighted by atomic mass is 9.92. The van der Waals surface area contributed by atoms with Crippen molar-refractivity contribution in [1.29, 1.82) is 5.26 Å². The Hall–Kier alpha value is -4.36. The summed E-state index contributed by atoms with van der Waals surface area (Å²) in [5.41, 5.74) is 1.78. The topological polar surface area (TPSA) is 112 Å². The number of nitrogens with zero attached hydrogens (tertiary/aromatic N) is 6. The SMILES string of the molecule is CC(=O)N(C)CCN(C)c1nc(OC[C@@]23CCCN2C[C@H](F)C3)nc2c(F)c(-c3ccc(F)c4sc(N)c(C#N)c34)c(C(F)(F)F)cc12. The quantitative estimate of drug-likeness (QED) is 0.220. The summed E-state index contributed by atoms with van der Waals surface area (Å²) in [7, 11) is 3.08. The molecular weight excluding hydrogens is 660 g/mol. The largest absolute Gasteiger partial charge is 0.461 e. The summed E-state index contributed by atoms with van der Waals surface area (Å²) < 4.78 is 96.4. The zero-order valence-electron chi connectivity index (χ0n) is 26.2. The minimum absolute atomic E-state index is 0.0252. The number of amides is 1. The van der Waals surface area contributed by atoms with Gasteiger partial charge in [0.15, 0.2) is 5.82 Å². The Bertz CT molecular complexity index is 1980. The first-order valence-corrected chi connectivity index (χ1v) is 15.9. The van der Waals surface area contributed by atoms with Crippen LogP contribution in [0, 0.1) is 23.0 Å². The number of fused-ring (bicyclic) bond motifs is 3. The molecule has 2 saturated heterocycles. The number of alkyl halides is 4. The summed E-state index contributed by atoms with van der Waals surface area (Å²) in [4.78, 5) is 25.3. The molecule has 0 unspecified atom stereocenters. The van der Waals surface area contributed by atoms with Crippen LogP contribution in [-0.2, 0) is 11.0 Å². The second-order valence-corrected chi connectivity index (χ2v) is 13.4. The molecule has 254 valence electrons. The van der Waals surface area contributed by atoms with Crippen molar-refractivity contribution in [3.63, 3.8) is 0 Å². The molecule has 2 fully saturated rings. The highest BCUT2D eigenvalue weighted by Crippen LogP contribution is 2.48. The third kappa shape index (κ3) is 5.72. The Labute approximate surface area is 275 Å². The molecule has 2 N–H and O–H groups in total. The number of thiophene rings is 1. The van der Waals surface area contributed by atoms with Gasteiger partial charge < -0.3 is 20.3 Å². The highest BCUT2D eigenvalue weighted by molar-refractivity contribution is 7.23. The number of hydrogen-bond acceptors (Lipinski definition) is 9. The molecule has 9 nitrogen and oxygen atoms in total. The van der Waals surface area contributed by atoms with Gasteiger partial charge in [0.25, 0.3) is 0 Å². The molecule has 1 amide bonds.